The number of hydrogen-bond acceptors (Lipinski definition) is 6. The van der Waals surface area contributed by atoms with E-state index in [1.165, 1.54) is 24.3 Å². The third kappa shape index (κ3) is 4.61. The van der Waals surface area contributed by atoms with Crippen LogP contribution in [-0.4, -0.2) is 38.4 Å². The Labute approximate surface area is 116 Å². The van der Waals surface area contributed by atoms with E-state index in [0.717, 1.165) is 0 Å². The number of aliphatic hydroxyl groups excluding tert-OH is 1. The molecule has 0 aliphatic rings. The Kier molecular flexibility index (Phi) is 5.62. The monoisotopic (exact) mass is 301 g/mol. The Balaban J connectivity index is 2.68. The van der Waals surface area contributed by atoms with Crippen LogP contribution in [0.5, 0.6) is 0 Å². The number of amides is 2. The molecule has 1 aromatic rings. The normalized spacial score (nSPS) is 10.9. The third-order valence-corrected chi connectivity index (χ3v) is 3.69. The number of hydrogen-bond donors (Lipinski definition) is 4. The summed E-state index contributed by atoms with van der Waals surface area (Å²) in [4.78, 5) is 22.1. The number of carbonyl (C=O) groups is 2. The zero-order valence-corrected chi connectivity index (χ0v) is 11.3. The highest BCUT2D eigenvalue weighted by atomic mass is 32.2. The van der Waals surface area contributed by atoms with Crippen LogP contribution in [0.25, 0.3) is 0 Å². The van der Waals surface area contributed by atoms with Crippen LogP contribution in [0.1, 0.15) is 5.56 Å². The molecule has 0 bridgehead atoms. The molecule has 5 N–H and O–H groups in total. The lowest BCUT2D eigenvalue weighted by atomic mass is 10.2. The van der Waals surface area contributed by atoms with E-state index in [0.29, 0.717) is 5.56 Å². The maximum absolute atomic E-state index is 11.8. The standard InChI is InChI=1S/C11H15N3O5S/c12-5-10(16)13-6-11(17)14-20(18,19)9-3-1-8(7-15)2-4-9/h1-4,15H,5-7,12H2,(H,13,16)(H,14,17). The highest BCUT2D eigenvalue weighted by Gasteiger charge is 2.17. The number of aliphatic hydroxyl groups is 1. The van der Waals surface area contributed by atoms with E-state index in [9.17, 15) is 18.0 Å². The van der Waals surface area contributed by atoms with E-state index in [2.05, 4.69) is 5.32 Å². The molecule has 2 amide bonds. The van der Waals surface area contributed by atoms with Crippen molar-refractivity contribution in [2.75, 3.05) is 13.1 Å². The fourth-order valence-corrected chi connectivity index (χ4v) is 2.25. The van der Waals surface area contributed by atoms with Gasteiger partial charge in [-0.1, -0.05) is 12.1 Å². The van der Waals surface area contributed by atoms with Crippen LogP contribution >= 0.6 is 0 Å². The van der Waals surface area contributed by atoms with E-state index in [1.807, 2.05) is 0 Å². The zero-order chi connectivity index (χ0) is 15.2. The fraction of sp³-hybridized carbons (Fsp3) is 0.273. The average molecular weight is 301 g/mol. The summed E-state index contributed by atoms with van der Waals surface area (Å²) in [6.07, 6.45) is 0. The quantitative estimate of drug-likeness (QED) is 0.482. The molecule has 0 saturated heterocycles. The highest BCUT2D eigenvalue weighted by Crippen LogP contribution is 2.10. The number of sulfonamides is 1. The van der Waals surface area contributed by atoms with Crippen molar-refractivity contribution in [3.05, 3.63) is 29.8 Å². The van der Waals surface area contributed by atoms with Crippen molar-refractivity contribution in [3.63, 3.8) is 0 Å². The predicted octanol–water partition coefficient (Wildman–Crippen LogP) is -1.94. The first-order valence-electron chi connectivity index (χ1n) is 5.61. The molecule has 1 aromatic carbocycles. The maximum atomic E-state index is 11.8. The van der Waals surface area contributed by atoms with Gasteiger partial charge >= 0.3 is 0 Å². The molecule has 0 aliphatic heterocycles. The van der Waals surface area contributed by atoms with Crippen molar-refractivity contribution in [3.8, 4) is 0 Å². The summed E-state index contributed by atoms with van der Waals surface area (Å²) in [5.74, 6) is -1.44. The summed E-state index contributed by atoms with van der Waals surface area (Å²) < 4.78 is 25.5. The van der Waals surface area contributed by atoms with Gasteiger partial charge in [-0.05, 0) is 17.7 Å². The van der Waals surface area contributed by atoms with Crippen LogP contribution < -0.4 is 15.8 Å². The predicted molar refractivity (Wildman–Crippen MR) is 69.8 cm³/mol. The molecule has 0 atom stereocenters. The molecular weight excluding hydrogens is 286 g/mol. The van der Waals surface area contributed by atoms with Gasteiger partial charge in [0.25, 0.3) is 15.9 Å². The SMILES string of the molecule is NCC(=O)NCC(=O)NS(=O)(=O)c1ccc(CO)cc1. The van der Waals surface area contributed by atoms with Crippen LogP contribution in [0, 0.1) is 0 Å². The van der Waals surface area contributed by atoms with E-state index in [4.69, 9.17) is 10.8 Å². The minimum atomic E-state index is -4.00. The Morgan fingerprint density at radius 2 is 1.75 bits per heavy atom. The average Bonchev–Trinajstić information content (AvgIpc) is 2.44. The topological polar surface area (TPSA) is 139 Å². The molecule has 0 spiro atoms. The van der Waals surface area contributed by atoms with Gasteiger partial charge in [0.2, 0.25) is 5.91 Å². The molecular formula is C11H15N3O5S. The zero-order valence-electron chi connectivity index (χ0n) is 10.5. The van der Waals surface area contributed by atoms with E-state index >= 15 is 0 Å². The first-order chi connectivity index (χ1) is 9.39. The minimum absolute atomic E-state index is 0.117. The largest absolute Gasteiger partial charge is 0.392 e. The van der Waals surface area contributed by atoms with Gasteiger partial charge in [0, 0.05) is 0 Å². The summed E-state index contributed by atoms with van der Waals surface area (Å²) in [6, 6.07) is 5.38. The molecule has 8 nitrogen and oxygen atoms in total. The Morgan fingerprint density at radius 1 is 1.15 bits per heavy atom. The second-order valence-electron chi connectivity index (χ2n) is 3.81. The minimum Gasteiger partial charge on any atom is -0.392 e. The van der Waals surface area contributed by atoms with Crippen molar-refractivity contribution in [1.29, 1.82) is 0 Å². The fourth-order valence-electron chi connectivity index (χ4n) is 1.27. The molecule has 0 radical (unpaired) electrons. The van der Waals surface area contributed by atoms with Gasteiger partial charge in [0.1, 0.15) is 0 Å². The molecule has 1 rings (SSSR count). The Hall–Kier alpha value is -1.97. The first kappa shape index (κ1) is 16.1. The van der Waals surface area contributed by atoms with E-state index in [1.54, 1.807) is 4.72 Å². The van der Waals surface area contributed by atoms with Crippen molar-refractivity contribution < 1.29 is 23.1 Å². The highest BCUT2D eigenvalue weighted by molar-refractivity contribution is 7.90. The van der Waals surface area contributed by atoms with Gasteiger partial charge in [0.15, 0.2) is 0 Å². The molecule has 0 unspecified atom stereocenters. The van der Waals surface area contributed by atoms with Crippen LogP contribution in [0.3, 0.4) is 0 Å². The maximum Gasteiger partial charge on any atom is 0.264 e. The summed E-state index contributed by atoms with van der Waals surface area (Å²) >= 11 is 0. The van der Waals surface area contributed by atoms with Crippen LogP contribution in [0.4, 0.5) is 0 Å². The van der Waals surface area contributed by atoms with Gasteiger partial charge < -0.3 is 16.2 Å². The lowest BCUT2D eigenvalue weighted by molar-refractivity contribution is -0.124. The summed E-state index contributed by atoms with van der Waals surface area (Å²) in [5, 5.41) is 11.0. The van der Waals surface area contributed by atoms with Crippen LogP contribution in [0.2, 0.25) is 0 Å². The van der Waals surface area contributed by atoms with E-state index < -0.39 is 28.4 Å². The van der Waals surface area contributed by atoms with Crippen molar-refractivity contribution in [2.45, 2.75) is 11.5 Å². The van der Waals surface area contributed by atoms with Gasteiger partial charge in [0.05, 0.1) is 24.6 Å². The summed E-state index contributed by atoms with van der Waals surface area (Å²) in [6.45, 7) is -0.982. The summed E-state index contributed by atoms with van der Waals surface area (Å²) in [5.41, 5.74) is 5.57. The number of carbonyl (C=O) groups excluding carboxylic acids is 2. The van der Waals surface area contributed by atoms with Gasteiger partial charge in [-0.25, -0.2) is 13.1 Å². The Bertz CT molecular complexity index is 583. The number of benzene rings is 1. The first-order valence-corrected chi connectivity index (χ1v) is 7.09. The molecule has 0 fully saturated rings. The molecule has 9 heteroatoms. The van der Waals surface area contributed by atoms with Crippen molar-refractivity contribution in [1.82, 2.24) is 10.0 Å². The number of nitrogens with two attached hydrogens (primary N) is 1. The van der Waals surface area contributed by atoms with Gasteiger partial charge in [-0.3, -0.25) is 9.59 Å². The van der Waals surface area contributed by atoms with Crippen molar-refractivity contribution in [2.24, 2.45) is 5.73 Å². The van der Waals surface area contributed by atoms with Gasteiger partial charge in [-0.15, -0.1) is 0 Å². The van der Waals surface area contributed by atoms with Crippen molar-refractivity contribution >= 4 is 21.8 Å². The third-order valence-electron chi connectivity index (χ3n) is 2.30. The molecule has 20 heavy (non-hydrogen) atoms. The number of nitrogens with one attached hydrogen (secondary N) is 2. The lowest BCUT2D eigenvalue weighted by Gasteiger charge is -2.08. The second-order valence-corrected chi connectivity index (χ2v) is 5.49. The van der Waals surface area contributed by atoms with Crippen LogP contribution in [0.15, 0.2) is 29.2 Å². The second kappa shape index (κ2) is 6.98. The lowest BCUT2D eigenvalue weighted by Crippen LogP contribution is -2.41. The molecule has 110 valence electrons. The molecule has 0 aromatic heterocycles. The Morgan fingerprint density at radius 3 is 2.25 bits per heavy atom. The van der Waals surface area contributed by atoms with E-state index in [-0.39, 0.29) is 18.0 Å². The molecule has 0 saturated carbocycles. The molecule has 0 heterocycles. The van der Waals surface area contributed by atoms with Gasteiger partial charge in [-0.2, -0.15) is 0 Å². The smallest absolute Gasteiger partial charge is 0.264 e. The molecule has 0 aliphatic carbocycles. The number of rotatable bonds is 6. The summed E-state index contributed by atoms with van der Waals surface area (Å²) in [7, 11) is -4.00. The van der Waals surface area contributed by atoms with Crippen LogP contribution in [-0.2, 0) is 26.2 Å².